The maximum absolute atomic E-state index is 12.6. The van der Waals surface area contributed by atoms with Crippen LogP contribution < -0.4 is 5.73 Å². The van der Waals surface area contributed by atoms with Crippen LogP contribution in [0.5, 0.6) is 0 Å². The molecule has 1 aliphatic rings. The fourth-order valence-electron chi connectivity index (χ4n) is 2.38. The largest absolute Gasteiger partial charge is 0.336 e. The van der Waals surface area contributed by atoms with Crippen LogP contribution in [0.4, 0.5) is 0 Å². The SMILES string of the molecule is CC(C)CCN(C(=O)c1ccc(CCN)cc1)C1CC1. The Kier molecular flexibility index (Phi) is 5.18. The molecule has 3 heteroatoms. The molecule has 0 spiro atoms. The van der Waals surface area contributed by atoms with Crippen molar-refractivity contribution < 1.29 is 4.79 Å². The van der Waals surface area contributed by atoms with Crippen LogP contribution in [-0.2, 0) is 6.42 Å². The van der Waals surface area contributed by atoms with E-state index < -0.39 is 0 Å². The number of carbonyl (C=O) groups is 1. The number of rotatable bonds is 7. The first-order chi connectivity index (χ1) is 9.61. The highest BCUT2D eigenvalue weighted by molar-refractivity contribution is 5.94. The third-order valence-corrected chi connectivity index (χ3v) is 3.83. The Labute approximate surface area is 122 Å². The van der Waals surface area contributed by atoms with Crippen LogP contribution >= 0.6 is 0 Å². The van der Waals surface area contributed by atoms with E-state index in [-0.39, 0.29) is 5.91 Å². The molecule has 2 rings (SSSR count). The number of benzene rings is 1. The zero-order chi connectivity index (χ0) is 14.5. The molecule has 1 aromatic rings. The van der Waals surface area contributed by atoms with Crippen LogP contribution in [-0.4, -0.2) is 29.9 Å². The molecule has 0 aliphatic heterocycles. The summed E-state index contributed by atoms with van der Waals surface area (Å²) >= 11 is 0. The molecule has 0 aromatic heterocycles. The number of hydrogen-bond acceptors (Lipinski definition) is 2. The van der Waals surface area contributed by atoms with Crippen molar-refractivity contribution in [3.8, 4) is 0 Å². The van der Waals surface area contributed by atoms with E-state index >= 15 is 0 Å². The molecule has 0 saturated heterocycles. The molecule has 1 fully saturated rings. The van der Waals surface area contributed by atoms with Gasteiger partial charge in [-0.3, -0.25) is 4.79 Å². The quantitative estimate of drug-likeness (QED) is 0.831. The first-order valence-corrected chi connectivity index (χ1v) is 7.71. The van der Waals surface area contributed by atoms with Crippen molar-refractivity contribution in [3.05, 3.63) is 35.4 Å². The molecule has 0 unspecified atom stereocenters. The molecule has 1 aromatic carbocycles. The fourth-order valence-corrected chi connectivity index (χ4v) is 2.38. The lowest BCUT2D eigenvalue weighted by Crippen LogP contribution is -2.34. The Morgan fingerprint density at radius 2 is 1.95 bits per heavy atom. The van der Waals surface area contributed by atoms with E-state index in [1.54, 1.807) is 0 Å². The van der Waals surface area contributed by atoms with E-state index in [4.69, 9.17) is 5.73 Å². The second-order valence-electron chi connectivity index (χ2n) is 6.15. The summed E-state index contributed by atoms with van der Waals surface area (Å²) < 4.78 is 0. The summed E-state index contributed by atoms with van der Waals surface area (Å²) in [5, 5.41) is 0. The van der Waals surface area contributed by atoms with Crippen LogP contribution in [0.1, 0.15) is 49.0 Å². The van der Waals surface area contributed by atoms with Crippen molar-refractivity contribution in [1.82, 2.24) is 4.90 Å². The Balaban J connectivity index is 2.02. The van der Waals surface area contributed by atoms with Crippen molar-refractivity contribution in [2.75, 3.05) is 13.1 Å². The summed E-state index contributed by atoms with van der Waals surface area (Å²) in [6.07, 6.45) is 4.27. The van der Waals surface area contributed by atoms with Gasteiger partial charge in [-0.15, -0.1) is 0 Å². The third-order valence-electron chi connectivity index (χ3n) is 3.83. The first kappa shape index (κ1) is 15.0. The standard InChI is InChI=1S/C17H26N2O/c1-13(2)10-12-19(16-7-8-16)17(20)15-5-3-14(4-6-15)9-11-18/h3-6,13,16H,7-12,18H2,1-2H3. The van der Waals surface area contributed by atoms with E-state index in [1.807, 2.05) is 24.3 Å². The number of hydrogen-bond donors (Lipinski definition) is 1. The molecule has 2 N–H and O–H groups in total. The first-order valence-electron chi connectivity index (χ1n) is 7.71. The fraction of sp³-hybridized carbons (Fsp3) is 0.588. The molecule has 3 nitrogen and oxygen atoms in total. The van der Waals surface area contributed by atoms with Crippen LogP contribution in [0.15, 0.2) is 24.3 Å². The van der Waals surface area contributed by atoms with Gasteiger partial charge in [-0.1, -0.05) is 26.0 Å². The average Bonchev–Trinajstić information content (AvgIpc) is 3.24. The number of nitrogens with two attached hydrogens (primary N) is 1. The smallest absolute Gasteiger partial charge is 0.254 e. The van der Waals surface area contributed by atoms with Gasteiger partial charge < -0.3 is 10.6 Å². The minimum absolute atomic E-state index is 0.187. The van der Waals surface area contributed by atoms with Gasteiger partial charge >= 0.3 is 0 Å². The van der Waals surface area contributed by atoms with Crippen molar-refractivity contribution >= 4 is 5.91 Å². The molecule has 0 heterocycles. The van der Waals surface area contributed by atoms with E-state index in [0.29, 0.717) is 18.5 Å². The lowest BCUT2D eigenvalue weighted by atomic mass is 10.1. The monoisotopic (exact) mass is 274 g/mol. The lowest BCUT2D eigenvalue weighted by Gasteiger charge is -2.23. The Morgan fingerprint density at radius 3 is 2.45 bits per heavy atom. The van der Waals surface area contributed by atoms with Crippen molar-refractivity contribution in [1.29, 1.82) is 0 Å². The molecule has 0 bridgehead atoms. The van der Waals surface area contributed by atoms with Gasteiger partial charge in [-0.2, -0.15) is 0 Å². The normalized spacial score (nSPS) is 14.6. The van der Waals surface area contributed by atoms with Crippen LogP contribution in [0.2, 0.25) is 0 Å². The summed E-state index contributed by atoms with van der Waals surface area (Å²) in [4.78, 5) is 14.7. The maximum atomic E-state index is 12.6. The number of carbonyl (C=O) groups excluding carboxylic acids is 1. The van der Waals surface area contributed by atoms with Gasteiger partial charge in [0.25, 0.3) is 5.91 Å². The molecule has 20 heavy (non-hydrogen) atoms. The molecule has 0 atom stereocenters. The van der Waals surface area contributed by atoms with Crippen molar-refractivity contribution in [2.45, 2.75) is 45.6 Å². The molecular formula is C17H26N2O. The van der Waals surface area contributed by atoms with Gasteiger partial charge in [-0.25, -0.2) is 0 Å². The number of nitrogens with zero attached hydrogens (tertiary/aromatic N) is 1. The van der Waals surface area contributed by atoms with Gasteiger partial charge in [-0.05, 0) is 55.8 Å². The molecule has 1 aliphatic carbocycles. The minimum atomic E-state index is 0.187. The molecule has 110 valence electrons. The zero-order valence-electron chi connectivity index (χ0n) is 12.6. The zero-order valence-corrected chi connectivity index (χ0v) is 12.6. The average molecular weight is 274 g/mol. The Hall–Kier alpha value is -1.35. The number of amides is 1. The van der Waals surface area contributed by atoms with E-state index in [2.05, 4.69) is 18.7 Å². The summed E-state index contributed by atoms with van der Waals surface area (Å²) in [6, 6.07) is 8.40. The van der Waals surface area contributed by atoms with Gasteiger partial charge in [0, 0.05) is 18.2 Å². The molecule has 1 amide bonds. The van der Waals surface area contributed by atoms with Gasteiger partial charge in [0.1, 0.15) is 0 Å². The highest BCUT2D eigenvalue weighted by Crippen LogP contribution is 2.29. The van der Waals surface area contributed by atoms with Crippen molar-refractivity contribution in [3.63, 3.8) is 0 Å². The summed E-state index contributed by atoms with van der Waals surface area (Å²) in [5.41, 5.74) is 7.55. The predicted octanol–water partition coefficient (Wildman–Crippen LogP) is 2.84. The predicted molar refractivity (Wildman–Crippen MR) is 82.7 cm³/mol. The molecular weight excluding hydrogens is 248 g/mol. The highest BCUT2D eigenvalue weighted by atomic mass is 16.2. The summed E-state index contributed by atoms with van der Waals surface area (Å²) in [7, 11) is 0. The molecule has 1 saturated carbocycles. The highest BCUT2D eigenvalue weighted by Gasteiger charge is 2.32. The van der Waals surface area contributed by atoms with Gasteiger partial charge in [0.05, 0.1) is 0 Å². The van der Waals surface area contributed by atoms with E-state index in [9.17, 15) is 4.79 Å². The molecule has 0 radical (unpaired) electrons. The summed E-state index contributed by atoms with van der Waals surface area (Å²) in [6.45, 7) is 5.94. The Bertz CT molecular complexity index is 435. The third kappa shape index (κ3) is 4.07. The summed E-state index contributed by atoms with van der Waals surface area (Å²) in [5.74, 6) is 0.823. The van der Waals surface area contributed by atoms with E-state index in [1.165, 1.54) is 5.56 Å². The van der Waals surface area contributed by atoms with E-state index in [0.717, 1.165) is 37.8 Å². The van der Waals surface area contributed by atoms with Gasteiger partial charge in [0.15, 0.2) is 0 Å². The van der Waals surface area contributed by atoms with Crippen molar-refractivity contribution in [2.24, 2.45) is 11.7 Å². The van der Waals surface area contributed by atoms with Gasteiger partial charge in [0.2, 0.25) is 0 Å². The minimum Gasteiger partial charge on any atom is -0.336 e. The topological polar surface area (TPSA) is 46.3 Å². The Morgan fingerprint density at radius 1 is 1.30 bits per heavy atom. The second-order valence-corrected chi connectivity index (χ2v) is 6.15. The van der Waals surface area contributed by atoms with Crippen LogP contribution in [0, 0.1) is 5.92 Å². The second kappa shape index (κ2) is 6.89. The van der Waals surface area contributed by atoms with Crippen LogP contribution in [0.25, 0.3) is 0 Å². The lowest BCUT2D eigenvalue weighted by molar-refractivity contribution is 0.0735. The van der Waals surface area contributed by atoms with Crippen LogP contribution in [0.3, 0.4) is 0 Å². The maximum Gasteiger partial charge on any atom is 0.254 e.